The van der Waals surface area contributed by atoms with Crippen LogP contribution in [0.25, 0.3) is 0 Å². The number of unbranched alkanes of at least 4 members (excludes halogenated alkanes) is 4. The number of ether oxygens (including phenoxy) is 5. The number of hydrogen-bond acceptors (Lipinski definition) is 10. The summed E-state index contributed by atoms with van der Waals surface area (Å²) in [5.74, 6) is 0.436. The van der Waals surface area contributed by atoms with E-state index in [4.69, 9.17) is 23.7 Å². The molecule has 3 saturated heterocycles. The van der Waals surface area contributed by atoms with Crippen LogP contribution in [0.3, 0.4) is 0 Å². The molecular formula is C56H84N2O8. The molecule has 4 fully saturated rings. The molecule has 1 aromatic carbocycles. The van der Waals surface area contributed by atoms with Crippen molar-refractivity contribution >= 4 is 17.3 Å². The van der Waals surface area contributed by atoms with Crippen LogP contribution in [0, 0.1) is 28.1 Å². The summed E-state index contributed by atoms with van der Waals surface area (Å²) >= 11 is 0. The van der Waals surface area contributed by atoms with Crippen molar-refractivity contribution in [1.29, 1.82) is 0 Å². The molecule has 0 aromatic heterocycles. The number of carbonyl (C=O) groups is 3. The van der Waals surface area contributed by atoms with Gasteiger partial charge in [-0.25, -0.2) is 0 Å². The van der Waals surface area contributed by atoms with E-state index < -0.39 is 33.4 Å². The van der Waals surface area contributed by atoms with Crippen molar-refractivity contribution in [2.24, 2.45) is 28.1 Å². The minimum absolute atomic E-state index is 0.00940. The van der Waals surface area contributed by atoms with Crippen LogP contribution in [0.5, 0.6) is 11.5 Å². The third kappa shape index (κ3) is 11.6. The smallest absolute Gasteiger partial charge is 0.200 e. The van der Waals surface area contributed by atoms with E-state index >= 15 is 14.4 Å². The Kier molecular flexibility index (Phi) is 17.8. The first-order valence-electron chi connectivity index (χ1n) is 25.4. The molecule has 366 valence electrons. The van der Waals surface area contributed by atoms with Gasteiger partial charge in [0.05, 0.1) is 45.1 Å². The lowest BCUT2D eigenvalue weighted by molar-refractivity contribution is -0.188. The molecule has 1 spiro atoms. The zero-order chi connectivity index (χ0) is 47.7. The number of hydrogen-bond donors (Lipinski definition) is 0. The number of benzene rings is 1. The third-order valence-corrected chi connectivity index (χ3v) is 15.6. The SMILES string of the molecule is CC(C)=CC[C@H]1C[C@@]23C[C@@H](CC=C(C)C)C(C)(C)[C@@](CC=C(C)C)(C(=O)C(C(=O)c4ccc(OCCCCCN5CCOCC5)c(OCCCCCN5CCOCC5)c4)=C2OC1(C)C)C3=O. The lowest BCUT2D eigenvalue weighted by Crippen LogP contribution is -2.69. The number of ketones is 3. The van der Waals surface area contributed by atoms with Gasteiger partial charge in [-0.3, -0.25) is 24.2 Å². The maximum atomic E-state index is 15.9. The van der Waals surface area contributed by atoms with Gasteiger partial charge in [0.15, 0.2) is 28.8 Å². The molecule has 10 heteroatoms. The third-order valence-electron chi connectivity index (χ3n) is 15.6. The fourth-order valence-electron chi connectivity index (χ4n) is 11.2. The standard InChI is InChI=1S/C56H84N2O8/c1-40(2)17-20-44-38-55-39-45(21-18-41(3)4)54(9,10)66-51(55)48(50(60)56(52(55)61,53(44,7)8)24-23-42(5)6)49(59)43-19-22-46(64-31-15-11-13-25-57-27-33-62-34-28-57)47(37-43)65-32-16-12-14-26-58-29-35-63-36-30-58/h17-19,22-23,37,44-45H,11-16,20-21,24-36,38-39H2,1-10H3/t44-,45+,55+,56+/m1/s1. The van der Waals surface area contributed by atoms with Crippen LogP contribution in [0.15, 0.2) is 64.5 Å². The first-order chi connectivity index (χ1) is 31.4. The van der Waals surface area contributed by atoms with Crippen molar-refractivity contribution in [3.05, 3.63) is 70.0 Å². The van der Waals surface area contributed by atoms with Crippen molar-refractivity contribution in [2.45, 2.75) is 145 Å². The van der Waals surface area contributed by atoms with Gasteiger partial charge in [0.2, 0.25) is 0 Å². The Morgan fingerprint density at radius 2 is 1.20 bits per heavy atom. The first-order valence-corrected chi connectivity index (χ1v) is 25.4. The molecular weight excluding hydrogens is 829 g/mol. The average molecular weight is 913 g/mol. The van der Waals surface area contributed by atoms with E-state index in [-0.39, 0.29) is 35.4 Å². The van der Waals surface area contributed by atoms with Gasteiger partial charge in [-0.1, -0.05) is 48.8 Å². The van der Waals surface area contributed by atoms with Crippen LogP contribution in [0.1, 0.15) is 150 Å². The summed E-state index contributed by atoms with van der Waals surface area (Å²) in [7, 11) is 0. The van der Waals surface area contributed by atoms with Gasteiger partial charge >= 0.3 is 0 Å². The second-order valence-electron chi connectivity index (χ2n) is 21.8. The predicted molar refractivity (Wildman–Crippen MR) is 263 cm³/mol. The molecule has 1 aromatic rings. The van der Waals surface area contributed by atoms with E-state index in [9.17, 15) is 0 Å². The zero-order valence-electron chi connectivity index (χ0n) is 42.5. The largest absolute Gasteiger partial charge is 0.490 e. The number of morpholine rings is 2. The van der Waals surface area contributed by atoms with E-state index in [0.717, 1.165) is 123 Å². The number of allylic oxidation sites excluding steroid dienone is 8. The lowest BCUT2D eigenvalue weighted by atomic mass is 9.39. The van der Waals surface area contributed by atoms with Crippen molar-refractivity contribution in [3.8, 4) is 11.5 Å². The van der Waals surface area contributed by atoms with Crippen molar-refractivity contribution in [1.82, 2.24) is 9.80 Å². The molecule has 5 aliphatic rings. The van der Waals surface area contributed by atoms with Crippen LogP contribution in [0.2, 0.25) is 0 Å². The Balaban J connectivity index is 1.36. The summed E-state index contributed by atoms with van der Waals surface area (Å²) in [4.78, 5) is 52.3. The highest BCUT2D eigenvalue weighted by Crippen LogP contribution is 2.69. The molecule has 3 aliphatic heterocycles. The molecule has 0 N–H and O–H groups in total. The molecule has 0 radical (unpaired) electrons. The van der Waals surface area contributed by atoms with Gasteiger partial charge in [-0.15, -0.1) is 0 Å². The average Bonchev–Trinajstić information content (AvgIpc) is 3.27. The highest BCUT2D eigenvalue weighted by Gasteiger charge is 2.74. The normalized spacial score (nSPS) is 26.2. The van der Waals surface area contributed by atoms with Crippen LogP contribution in [0.4, 0.5) is 0 Å². The van der Waals surface area contributed by atoms with E-state index in [1.807, 2.05) is 39.8 Å². The highest BCUT2D eigenvalue weighted by molar-refractivity contribution is 6.35. The van der Waals surface area contributed by atoms with Crippen molar-refractivity contribution < 1.29 is 38.1 Å². The Bertz CT molecular complexity index is 1980. The topological polar surface area (TPSA) is 104 Å². The summed E-state index contributed by atoms with van der Waals surface area (Å²) in [6.45, 7) is 30.9. The Morgan fingerprint density at radius 1 is 0.682 bits per heavy atom. The predicted octanol–water partition coefficient (Wildman–Crippen LogP) is 10.9. The summed E-state index contributed by atoms with van der Waals surface area (Å²) in [6.07, 6.45) is 15.2. The maximum absolute atomic E-state index is 15.9. The molecule has 6 rings (SSSR count). The number of nitrogens with zero attached hydrogens (tertiary/aromatic N) is 2. The van der Waals surface area contributed by atoms with Crippen LogP contribution in [-0.4, -0.2) is 112 Å². The summed E-state index contributed by atoms with van der Waals surface area (Å²) in [5, 5.41) is 0. The maximum Gasteiger partial charge on any atom is 0.200 e. The van der Waals surface area contributed by atoms with Gasteiger partial charge in [0.1, 0.15) is 22.3 Å². The van der Waals surface area contributed by atoms with Crippen LogP contribution >= 0.6 is 0 Å². The molecule has 1 saturated carbocycles. The minimum Gasteiger partial charge on any atom is -0.490 e. The summed E-state index contributed by atoms with van der Waals surface area (Å²) in [6, 6.07) is 5.36. The second-order valence-corrected chi connectivity index (χ2v) is 21.8. The van der Waals surface area contributed by atoms with Gasteiger partial charge in [-0.2, -0.15) is 0 Å². The Labute approximate surface area is 397 Å². The molecule has 66 heavy (non-hydrogen) atoms. The minimum atomic E-state index is -1.46. The first kappa shape index (κ1) is 51.8. The van der Waals surface area contributed by atoms with Gasteiger partial charge in [-0.05, 0) is 169 Å². The number of rotatable bonds is 22. The quantitative estimate of drug-likeness (QED) is 0.0367. The molecule has 0 unspecified atom stereocenters. The van der Waals surface area contributed by atoms with Gasteiger partial charge in [0.25, 0.3) is 0 Å². The van der Waals surface area contributed by atoms with Crippen molar-refractivity contribution in [3.63, 3.8) is 0 Å². The summed E-state index contributed by atoms with van der Waals surface area (Å²) < 4.78 is 31.1. The number of fused-ring (bicyclic) bond motifs is 1. The Morgan fingerprint density at radius 3 is 1.74 bits per heavy atom. The second kappa shape index (κ2) is 22.7. The molecule has 2 aliphatic carbocycles. The fraction of sp³-hybridized carbons (Fsp3) is 0.696. The molecule has 0 amide bonds. The van der Waals surface area contributed by atoms with Crippen LogP contribution < -0.4 is 9.47 Å². The highest BCUT2D eigenvalue weighted by atomic mass is 16.5. The number of carbonyl (C=O) groups excluding carboxylic acids is 3. The van der Waals surface area contributed by atoms with E-state index in [0.29, 0.717) is 43.1 Å². The molecule has 10 nitrogen and oxygen atoms in total. The van der Waals surface area contributed by atoms with E-state index in [2.05, 4.69) is 63.5 Å². The number of Topliss-reactive ketones (excluding diaryl/α,β-unsaturated/α-hetero) is 3. The van der Waals surface area contributed by atoms with Gasteiger partial charge < -0.3 is 23.7 Å². The zero-order valence-corrected chi connectivity index (χ0v) is 42.5. The lowest BCUT2D eigenvalue weighted by Gasteiger charge is -2.64. The van der Waals surface area contributed by atoms with Gasteiger partial charge in [0, 0.05) is 37.7 Å². The molecule has 3 heterocycles. The molecule has 4 atom stereocenters. The molecule has 2 bridgehead atoms. The fourth-order valence-corrected chi connectivity index (χ4v) is 11.2. The van der Waals surface area contributed by atoms with Crippen LogP contribution in [-0.2, 0) is 23.8 Å². The Hall–Kier alpha value is -3.57. The monoisotopic (exact) mass is 913 g/mol. The van der Waals surface area contributed by atoms with E-state index in [1.54, 1.807) is 12.1 Å². The summed E-state index contributed by atoms with van der Waals surface area (Å²) in [5.41, 5.74) is -0.304. The van der Waals surface area contributed by atoms with Crippen molar-refractivity contribution in [2.75, 3.05) is 78.9 Å². The van der Waals surface area contributed by atoms with E-state index in [1.165, 1.54) is 11.1 Å².